The van der Waals surface area contributed by atoms with Gasteiger partial charge in [-0.3, -0.25) is 4.79 Å². The Morgan fingerprint density at radius 3 is 2.90 bits per heavy atom. The maximum absolute atomic E-state index is 12.4. The van der Waals surface area contributed by atoms with Crippen LogP contribution < -0.4 is 10.1 Å². The zero-order valence-corrected chi connectivity index (χ0v) is 17.1. The monoisotopic (exact) mass is 402 g/mol. The van der Waals surface area contributed by atoms with E-state index in [1.54, 1.807) is 6.20 Å². The summed E-state index contributed by atoms with van der Waals surface area (Å²) in [7, 11) is 0. The zero-order valence-electron chi connectivity index (χ0n) is 17.1. The third-order valence-corrected chi connectivity index (χ3v) is 5.19. The summed E-state index contributed by atoms with van der Waals surface area (Å²) in [6.07, 6.45) is 3.06. The van der Waals surface area contributed by atoms with E-state index in [2.05, 4.69) is 39.2 Å². The summed E-state index contributed by atoms with van der Waals surface area (Å²) in [5.41, 5.74) is 3.23. The Morgan fingerprint density at radius 1 is 1.20 bits per heavy atom. The third kappa shape index (κ3) is 3.10. The van der Waals surface area contributed by atoms with Gasteiger partial charge in [0, 0.05) is 24.7 Å². The van der Waals surface area contributed by atoms with Gasteiger partial charge in [0.15, 0.2) is 5.78 Å². The quantitative estimate of drug-likeness (QED) is 0.502. The van der Waals surface area contributed by atoms with Gasteiger partial charge in [0.1, 0.15) is 17.2 Å². The van der Waals surface area contributed by atoms with Crippen LogP contribution in [0.15, 0.2) is 36.5 Å². The van der Waals surface area contributed by atoms with E-state index < -0.39 is 0 Å². The number of nitrogens with zero attached hydrogens (tertiary/aromatic N) is 4. The number of carbonyl (C=O) groups excluding carboxylic acids is 1. The smallest absolute Gasteiger partial charge is 0.233 e. The van der Waals surface area contributed by atoms with Crippen LogP contribution in [-0.2, 0) is 6.42 Å². The van der Waals surface area contributed by atoms with Gasteiger partial charge >= 0.3 is 0 Å². The van der Waals surface area contributed by atoms with Crippen molar-refractivity contribution in [3.05, 3.63) is 53.3 Å². The molecule has 1 aliphatic rings. The number of H-pyrrole nitrogens is 1. The summed E-state index contributed by atoms with van der Waals surface area (Å²) < 4.78 is 8.06. The van der Waals surface area contributed by atoms with Crippen molar-refractivity contribution in [2.75, 3.05) is 5.32 Å². The molecular formula is C22H22N6O2. The van der Waals surface area contributed by atoms with Gasteiger partial charge in [-0.2, -0.15) is 15.1 Å². The molecule has 3 aromatic heterocycles. The number of aromatic amines is 1. The van der Waals surface area contributed by atoms with Gasteiger partial charge in [-0.1, -0.05) is 12.1 Å². The maximum Gasteiger partial charge on any atom is 0.233 e. The Kier molecular flexibility index (Phi) is 4.27. The van der Waals surface area contributed by atoms with Crippen molar-refractivity contribution < 1.29 is 9.53 Å². The summed E-state index contributed by atoms with van der Waals surface area (Å²) in [6, 6.07) is 9.69. The van der Waals surface area contributed by atoms with Crippen LogP contribution >= 0.6 is 0 Å². The predicted octanol–water partition coefficient (Wildman–Crippen LogP) is 4.71. The lowest BCUT2D eigenvalue weighted by atomic mass is 10.1. The molecule has 0 spiro atoms. The summed E-state index contributed by atoms with van der Waals surface area (Å²) in [5, 5.41) is 8.52. The minimum atomic E-state index is 0.106. The molecule has 0 aliphatic heterocycles. The highest BCUT2D eigenvalue weighted by Crippen LogP contribution is 2.35. The minimum absolute atomic E-state index is 0.106. The molecule has 0 bridgehead atoms. The Balaban J connectivity index is 1.55. The number of carbonyl (C=O) groups is 1. The van der Waals surface area contributed by atoms with Gasteiger partial charge in [-0.15, -0.1) is 0 Å². The van der Waals surface area contributed by atoms with Crippen LogP contribution in [0, 0.1) is 6.92 Å². The van der Waals surface area contributed by atoms with E-state index in [0.717, 1.165) is 28.9 Å². The molecule has 30 heavy (non-hydrogen) atoms. The minimum Gasteiger partial charge on any atom is -0.437 e. The topological polar surface area (TPSA) is 97.7 Å². The maximum atomic E-state index is 12.4. The summed E-state index contributed by atoms with van der Waals surface area (Å²) in [6.45, 7) is 6.07. The number of fused-ring (bicyclic) bond motifs is 2. The second-order valence-electron chi connectivity index (χ2n) is 7.74. The standard InChI is InChI=1S/C22H22N6O2/c1-12(2)28-18(11-13(3)27-28)24-22-25-20-15(9-10-23-20)21(26-22)30-17-6-4-5-14-7-8-16(29)19(14)17/h4-6,9-12H,7-8H2,1-3H3,(H2,23,24,25,26). The van der Waals surface area contributed by atoms with Crippen molar-refractivity contribution in [2.45, 2.75) is 39.7 Å². The summed E-state index contributed by atoms with van der Waals surface area (Å²) in [5.74, 6) is 2.22. The molecule has 0 radical (unpaired) electrons. The molecule has 1 aliphatic carbocycles. The molecule has 8 nitrogen and oxygen atoms in total. The number of anilines is 2. The van der Waals surface area contributed by atoms with E-state index in [1.165, 1.54) is 0 Å². The number of ketones is 1. The number of aryl methyl sites for hydroxylation is 2. The number of hydrogen-bond acceptors (Lipinski definition) is 6. The third-order valence-electron chi connectivity index (χ3n) is 5.19. The van der Waals surface area contributed by atoms with E-state index in [4.69, 9.17) is 4.74 Å². The van der Waals surface area contributed by atoms with Gasteiger partial charge in [0.05, 0.1) is 16.6 Å². The van der Waals surface area contributed by atoms with Crippen molar-refractivity contribution in [3.63, 3.8) is 0 Å². The van der Waals surface area contributed by atoms with E-state index in [9.17, 15) is 4.79 Å². The van der Waals surface area contributed by atoms with Crippen LogP contribution in [0.1, 0.15) is 47.9 Å². The van der Waals surface area contributed by atoms with E-state index in [1.807, 2.05) is 41.9 Å². The molecule has 8 heteroatoms. The first-order valence-electron chi connectivity index (χ1n) is 10.0. The highest BCUT2D eigenvalue weighted by atomic mass is 16.5. The number of aromatic nitrogens is 5. The molecule has 0 unspecified atom stereocenters. The van der Waals surface area contributed by atoms with Crippen molar-refractivity contribution in [2.24, 2.45) is 0 Å². The van der Waals surface area contributed by atoms with Crippen molar-refractivity contribution in [1.82, 2.24) is 24.7 Å². The van der Waals surface area contributed by atoms with Gasteiger partial charge in [0.25, 0.3) is 0 Å². The molecule has 4 aromatic rings. The molecular weight excluding hydrogens is 380 g/mol. The molecule has 1 aromatic carbocycles. The first kappa shape index (κ1) is 18.4. The molecule has 5 rings (SSSR count). The fourth-order valence-electron chi connectivity index (χ4n) is 3.83. The van der Waals surface area contributed by atoms with Crippen LogP contribution in [0.3, 0.4) is 0 Å². The van der Waals surface area contributed by atoms with Crippen LogP contribution in [0.25, 0.3) is 11.0 Å². The molecule has 3 heterocycles. The van der Waals surface area contributed by atoms with Crippen LogP contribution in [0.5, 0.6) is 11.6 Å². The molecule has 0 saturated carbocycles. The number of nitrogens with one attached hydrogen (secondary N) is 2. The van der Waals surface area contributed by atoms with Gasteiger partial charge in [-0.25, -0.2) is 4.68 Å². The second kappa shape index (κ2) is 6.98. The Morgan fingerprint density at radius 2 is 2.07 bits per heavy atom. The zero-order chi connectivity index (χ0) is 20.8. The van der Waals surface area contributed by atoms with Crippen LogP contribution in [-0.4, -0.2) is 30.5 Å². The molecule has 0 amide bonds. The first-order valence-corrected chi connectivity index (χ1v) is 10.0. The molecule has 2 N–H and O–H groups in total. The van der Waals surface area contributed by atoms with Crippen LogP contribution in [0.4, 0.5) is 11.8 Å². The van der Waals surface area contributed by atoms with Gasteiger partial charge < -0.3 is 15.0 Å². The van der Waals surface area contributed by atoms with E-state index >= 15 is 0 Å². The normalized spacial score (nSPS) is 13.3. The molecule has 152 valence electrons. The molecule has 0 atom stereocenters. The van der Waals surface area contributed by atoms with Crippen molar-refractivity contribution >= 4 is 28.6 Å². The highest BCUT2D eigenvalue weighted by Gasteiger charge is 2.25. The molecule has 0 fully saturated rings. The lowest BCUT2D eigenvalue weighted by Crippen LogP contribution is -2.09. The van der Waals surface area contributed by atoms with Crippen molar-refractivity contribution in [1.29, 1.82) is 0 Å². The summed E-state index contributed by atoms with van der Waals surface area (Å²) in [4.78, 5) is 24.6. The first-order chi connectivity index (χ1) is 14.5. The Bertz CT molecular complexity index is 1270. The fraction of sp³-hybridized carbons (Fsp3) is 0.273. The number of hydrogen-bond donors (Lipinski definition) is 2. The largest absolute Gasteiger partial charge is 0.437 e. The number of Topliss-reactive ketones (excluding diaryl/α,β-unsaturated/α-hetero) is 1. The lowest BCUT2D eigenvalue weighted by Gasteiger charge is -2.13. The summed E-state index contributed by atoms with van der Waals surface area (Å²) >= 11 is 0. The van der Waals surface area contributed by atoms with Crippen LogP contribution in [0.2, 0.25) is 0 Å². The molecule has 0 saturated heterocycles. The number of benzene rings is 1. The average Bonchev–Trinajstić information content (AvgIpc) is 3.41. The van der Waals surface area contributed by atoms with Crippen molar-refractivity contribution in [3.8, 4) is 11.6 Å². The number of rotatable bonds is 5. The van der Waals surface area contributed by atoms with Gasteiger partial charge in [-0.05, 0) is 44.9 Å². The lowest BCUT2D eigenvalue weighted by molar-refractivity contribution is 0.0992. The number of ether oxygens (including phenoxy) is 1. The Labute approximate surface area is 173 Å². The fourth-order valence-corrected chi connectivity index (χ4v) is 3.83. The average molecular weight is 402 g/mol. The predicted molar refractivity (Wildman–Crippen MR) is 114 cm³/mol. The van der Waals surface area contributed by atoms with E-state index in [-0.39, 0.29) is 11.8 Å². The Hall–Kier alpha value is -3.68. The highest BCUT2D eigenvalue weighted by molar-refractivity contribution is 6.03. The SMILES string of the molecule is Cc1cc(Nc2nc(Oc3cccc4c3C(=O)CC4)c3cc[nH]c3n2)n(C(C)C)n1. The second-order valence-corrected chi connectivity index (χ2v) is 7.74. The van der Waals surface area contributed by atoms with E-state index in [0.29, 0.717) is 35.2 Å². The van der Waals surface area contributed by atoms with Gasteiger partial charge in [0.2, 0.25) is 11.8 Å².